The van der Waals surface area contributed by atoms with Crippen LogP contribution in [0.3, 0.4) is 0 Å². The van der Waals surface area contributed by atoms with Gasteiger partial charge in [-0.3, -0.25) is 4.79 Å². The van der Waals surface area contributed by atoms with E-state index in [4.69, 9.17) is 5.11 Å². The van der Waals surface area contributed by atoms with Crippen molar-refractivity contribution in [3.63, 3.8) is 0 Å². The van der Waals surface area contributed by atoms with E-state index in [-0.39, 0.29) is 16.8 Å². The molecule has 0 fully saturated rings. The molecule has 108 valence electrons. The molecule has 21 heavy (non-hydrogen) atoms. The van der Waals surface area contributed by atoms with Crippen LogP contribution in [0.5, 0.6) is 5.75 Å². The number of carbonyl (C=O) groups excluding carboxylic acids is 1. The minimum atomic E-state index is -1.21. The van der Waals surface area contributed by atoms with Crippen molar-refractivity contribution in [2.75, 3.05) is 5.32 Å². The molecular weight excluding hydrogens is 345 g/mol. The van der Waals surface area contributed by atoms with Gasteiger partial charge in [-0.25, -0.2) is 9.18 Å². The van der Waals surface area contributed by atoms with Crippen molar-refractivity contribution in [2.24, 2.45) is 0 Å². The van der Waals surface area contributed by atoms with Crippen LogP contribution in [0.15, 0.2) is 40.9 Å². The second-order valence-corrected chi connectivity index (χ2v) is 5.03. The van der Waals surface area contributed by atoms with Gasteiger partial charge >= 0.3 is 5.97 Å². The van der Waals surface area contributed by atoms with E-state index in [1.807, 2.05) is 0 Å². The highest BCUT2D eigenvalue weighted by atomic mass is 79.9. The number of nitrogens with one attached hydrogen (secondary N) is 1. The van der Waals surface area contributed by atoms with Gasteiger partial charge in [0.15, 0.2) is 0 Å². The van der Waals surface area contributed by atoms with Gasteiger partial charge in [-0.2, -0.15) is 0 Å². The summed E-state index contributed by atoms with van der Waals surface area (Å²) in [5.74, 6) is -3.16. The lowest BCUT2D eigenvalue weighted by Gasteiger charge is -2.10. The number of hydrogen-bond donors (Lipinski definition) is 3. The maximum Gasteiger partial charge on any atom is 0.337 e. The van der Waals surface area contributed by atoms with Crippen LogP contribution in [0.1, 0.15) is 20.7 Å². The molecule has 1 amide bonds. The predicted molar refractivity (Wildman–Crippen MR) is 77.1 cm³/mol. The number of rotatable bonds is 3. The van der Waals surface area contributed by atoms with Gasteiger partial charge < -0.3 is 15.5 Å². The summed E-state index contributed by atoms with van der Waals surface area (Å²) in [4.78, 5) is 23.1. The van der Waals surface area contributed by atoms with Gasteiger partial charge in [0.25, 0.3) is 5.91 Å². The van der Waals surface area contributed by atoms with Crippen LogP contribution < -0.4 is 5.32 Å². The molecule has 2 rings (SSSR count). The molecule has 0 heterocycles. The molecule has 0 radical (unpaired) electrons. The molecule has 0 saturated heterocycles. The number of aromatic carboxylic acids is 1. The summed E-state index contributed by atoms with van der Waals surface area (Å²) >= 11 is 3.17. The maximum absolute atomic E-state index is 12.9. The Morgan fingerprint density at radius 3 is 2.38 bits per heavy atom. The third kappa shape index (κ3) is 3.38. The highest BCUT2D eigenvalue weighted by Crippen LogP contribution is 2.24. The number of aromatic hydroxyl groups is 1. The zero-order chi connectivity index (χ0) is 15.6. The van der Waals surface area contributed by atoms with E-state index < -0.39 is 23.4 Å². The number of anilines is 1. The van der Waals surface area contributed by atoms with Crippen molar-refractivity contribution in [3.8, 4) is 5.75 Å². The second kappa shape index (κ2) is 5.92. The average Bonchev–Trinajstić information content (AvgIpc) is 2.37. The first kappa shape index (κ1) is 15.0. The quantitative estimate of drug-likeness (QED) is 0.790. The minimum Gasteiger partial charge on any atom is -0.507 e. The monoisotopic (exact) mass is 353 g/mol. The van der Waals surface area contributed by atoms with Crippen molar-refractivity contribution in [3.05, 3.63) is 57.8 Å². The van der Waals surface area contributed by atoms with Crippen molar-refractivity contribution in [1.82, 2.24) is 0 Å². The molecule has 0 aliphatic carbocycles. The molecule has 0 aromatic heterocycles. The molecule has 0 unspecified atom stereocenters. The summed E-state index contributed by atoms with van der Waals surface area (Å²) in [5.41, 5.74) is -0.202. The highest BCUT2D eigenvalue weighted by molar-refractivity contribution is 9.10. The first-order valence-electron chi connectivity index (χ1n) is 5.71. The van der Waals surface area contributed by atoms with Gasteiger partial charge in [0.1, 0.15) is 11.6 Å². The molecule has 2 aromatic rings. The smallest absolute Gasteiger partial charge is 0.337 e. The number of amides is 1. The summed E-state index contributed by atoms with van der Waals surface area (Å²) in [6, 6.07) is 7.20. The van der Waals surface area contributed by atoms with Crippen LogP contribution in [-0.4, -0.2) is 22.1 Å². The zero-order valence-electron chi connectivity index (χ0n) is 10.4. The second-order valence-electron chi connectivity index (χ2n) is 4.11. The Hall–Kier alpha value is -2.41. The fourth-order valence-corrected chi connectivity index (χ4v) is 2.05. The number of hydrogen-bond acceptors (Lipinski definition) is 3. The molecule has 0 atom stereocenters. The van der Waals surface area contributed by atoms with E-state index in [2.05, 4.69) is 21.2 Å². The topological polar surface area (TPSA) is 86.6 Å². The predicted octanol–water partition coefficient (Wildman–Crippen LogP) is 3.24. The summed E-state index contributed by atoms with van der Waals surface area (Å²) in [6.07, 6.45) is 0. The number of carbonyl (C=O) groups is 2. The normalized spacial score (nSPS) is 10.2. The molecule has 0 spiro atoms. The summed E-state index contributed by atoms with van der Waals surface area (Å²) in [7, 11) is 0. The summed E-state index contributed by atoms with van der Waals surface area (Å²) < 4.78 is 13.5. The van der Waals surface area contributed by atoms with E-state index in [0.717, 1.165) is 18.2 Å². The Morgan fingerprint density at radius 2 is 1.76 bits per heavy atom. The Balaban J connectivity index is 2.35. The first-order chi connectivity index (χ1) is 9.88. The van der Waals surface area contributed by atoms with E-state index in [0.29, 0.717) is 4.47 Å². The van der Waals surface area contributed by atoms with Crippen LogP contribution in [0.2, 0.25) is 0 Å². The van der Waals surface area contributed by atoms with Crippen LogP contribution in [0.25, 0.3) is 0 Å². The standard InChI is InChI=1S/C14H9BrFNO4/c15-7-1-3-9(14(20)21)11(5-7)17-13(19)10-4-2-8(16)6-12(10)18/h1-6,18H,(H,17,19)(H,20,21). The fraction of sp³-hybridized carbons (Fsp3) is 0. The number of halogens is 2. The Morgan fingerprint density at radius 1 is 1.10 bits per heavy atom. The average molecular weight is 354 g/mol. The third-order valence-corrected chi connectivity index (χ3v) is 3.16. The molecule has 3 N–H and O–H groups in total. The van der Waals surface area contributed by atoms with Gasteiger partial charge in [0.2, 0.25) is 0 Å². The molecule has 2 aromatic carbocycles. The molecular formula is C14H9BrFNO4. The number of carboxylic acids is 1. The Bertz CT molecular complexity index is 733. The highest BCUT2D eigenvalue weighted by Gasteiger charge is 2.16. The van der Waals surface area contributed by atoms with Crippen LogP contribution in [0.4, 0.5) is 10.1 Å². The van der Waals surface area contributed by atoms with E-state index >= 15 is 0 Å². The van der Waals surface area contributed by atoms with Gasteiger partial charge in [-0.1, -0.05) is 15.9 Å². The molecule has 5 nitrogen and oxygen atoms in total. The molecule has 0 aliphatic rings. The number of phenolic OH excluding ortho intramolecular Hbond substituents is 1. The molecule has 7 heteroatoms. The SMILES string of the molecule is O=C(Nc1cc(Br)ccc1C(=O)O)c1ccc(F)cc1O. The zero-order valence-corrected chi connectivity index (χ0v) is 12.0. The number of phenols is 1. The van der Waals surface area contributed by atoms with Crippen molar-refractivity contribution >= 4 is 33.5 Å². The lowest BCUT2D eigenvalue weighted by atomic mass is 10.1. The van der Waals surface area contributed by atoms with Gasteiger partial charge in [-0.15, -0.1) is 0 Å². The van der Waals surface area contributed by atoms with Crippen molar-refractivity contribution in [1.29, 1.82) is 0 Å². The largest absolute Gasteiger partial charge is 0.507 e. The van der Waals surface area contributed by atoms with Crippen LogP contribution in [0, 0.1) is 5.82 Å². The van der Waals surface area contributed by atoms with Crippen LogP contribution in [-0.2, 0) is 0 Å². The fourth-order valence-electron chi connectivity index (χ4n) is 1.69. The van der Waals surface area contributed by atoms with Crippen molar-refractivity contribution < 1.29 is 24.2 Å². The third-order valence-electron chi connectivity index (χ3n) is 2.66. The Kier molecular flexibility index (Phi) is 4.23. The van der Waals surface area contributed by atoms with Gasteiger partial charge in [-0.05, 0) is 30.3 Å². The lowest BCUT2D eigenvalue weighted by Crippen LogP contribution is -2.15. The first-order valence-corrected chi connectivity index (χ1v) is 6.50. The Labute approximate surface area is 127 Å². The van der Waals surface area contributed by atoms with Crippen LogP contribution >= 0.6 is 15.9 Å². The number of benzene rings is 2. The van der Waals surface area contributed by atoms with E-state index in [1.165, 1.54) is 18.2 Å². The molecule has 0 bridgehead atoms. The van der Waals surface area contributed by atoms with E-state index in [9.17, 15) is 19.1 Å². The van der Waals surface area contributed by atoms with Gasteiger partial charge in [0, 0.05) is 10.5 Å². The van der Waals surface area contributed by atoms with E-state index in [1.54, 1.807) is 0 Å². The summed E-state index contributed by atoms with van der Waals surface area (Å²) in [6.45, 7) is 0. The minimum absolute atomic E-state index is 0.0607. The van der Waals surface area contributed by atoms with Crippen molar-refractivity contribution in [2.45, 2.75) is 0 Å². The maximum atomic E-state index is 12.9. The number of carboxylic acid groups (broad SMARTS) is 1. The van der Waals surface area contributed by atoms with Gasteiger partial charge in [0.05, 0.1) is 16.8 Å². The molecule has 0 aliphatic heterocycles. The summed E-state index contributed by atoms with van der Waals surface area (Å²) in [5, 5.41) is 21.0. The molecule has 0 saturated carbocycles. The lowest BCUT2D eigenvalue weighted by molar-refractivity contribution is 0.0698.